The summed E-state index contributed by atoms with van der Waals surface area (Å²) in [6.07, 6.45) is 1.64. The highest BCUT2D eigenvalue weighted by molar-refractivity contribution is 9.10. The minimum atomic E-state index is -0.338. The Hall–Kier alpha value is -3.33. The number of hydrogen-bond donors (Lipinski definition) is 1. The molecular weight excluding hydrogens is 466 g/mol. The minimum absolute atomic E-state index is 0.0427. The number of rotatable bonds is 3. The molecular formula is C22H16BrN3O3S. The van der Waals surface area contributed by atoms with Gasteiger partial charge >= 0.3 is 0 Å². The van der Waals surface area contributed by atoms with Crippen molar-refractivity contribution < 1.29 is 9.84 Å². The van der Waals surface area contributed by atoms with E-state index in [2.05, 4.69) is 15.9 Å². The Bertz CT molecular complexity index is 1410. The van der Waals surface area contributed by atoms with Gasteiger partial charge in [0.2, 0.25) is 0 Å². The monoisotopic (exact) mass is 481 g/mol. The predicted molar refractivity (Wildman–Crippen MR) is 119 cm³/mol. The standard InChI is InChI=1S/C22H16BrN3O3S/c1-12-4-5-13(2)17(6-12)26-21(28)19(30-22(26)15(10-24)11-25)9-14-7-16(23)20(27)18(8-14)29-3/h4-9,27H,1-3H3. The van der Waals surface area contributed by atoms with Gasteiger partial charge in [-0.15, -0.1) is 11.3 Å². The summed E-state index contributed by atoms with van der Waals surface area (Å²) in [5.74, 6) is 0.211. The molecule has 0 fully saturated rings. The third-order valence-corrected chi connectivity index (χ3v) is 6.13. The van der Waals surface area contributed by atoms with Crippen LogP contribution in [0.2, 0.25) is 0 Å². The van der Waals surface area contributed by atoms with Crippen molar-refractivity contribution in [3.05, 3.63) is 71.0 Å². The largest absolute Gasteiger partial charge is 0.503 e. The molecule has 3 aromatic rings. The van der Waals surface area contributed by atoms with Crippen molar-refractivity contribution in [2.24, 2.45) is 0 Å². The fourth-order valence-corrected chi connectivity index (χ4v) is 4.44. The van der Waals surface area contributed by atoms with Gasteiger partial charge in [-0.1, -0.05) is 12.1 Å². The number of aryl methyl sites for hydroxylation is 2. The van der Waals surface area contributed by atoms with Gasteiger partial charge in [0.25, 0.3) is 5.56 Å². The Morgan fingerprint density at radius 3 is 2.57 bits per heavy atom. The molecule has 0 saturated carbocycles. The highest BCUT2D eigenvalue weighted by Gasteiger charge is 2.14. The number of hydrogen-bond acceptors (Lipinski definition) is 6. The molecule has 1 aromatic heterocycles. The lowest BCUT2D eigenvalue weighted by Gasteiger charge is -2.07. The van der Waals surface area contributed by atoms with Crippen LogP contribution in [0.4, 0.5) is 0 Å². The molecule has 0 aliphatic heterocycles. The summed E-state index contributed by atoms with van der Waals surface area (Å²) in [7, 11) is 1.43. The van der Waals surface area contributed by atoms with Gasteiger partial charge in [0, 0.05) is 0 Å². The molecule has 0 saturated heterocycles. The zero-order valence-electron chi connectivity index (χ0n) is 16.4. The van der Waals surface area contributed by atoms with E-state index in [4.69, 9.17) is 4.74 Å². The number of phenolic OH excluding ortho intramolecular Hbond substituents is 1. The van der Waals surface area contributed by atoms with E-state index in [9.17, 15) is 20.4 Å². The molecule has 0 aliphatic rings. The molecule has 0 bridgehead atoms. The van der Waals surface area contributed by atoms with Crippen molar-refractivity contribution in [3.63, 3.8) is 0 Å². The van der Waals surface area contributed by atoms with E-state index in [1.165, 1.54) is 11.7 Å². The van der Waals surface area contributed by atoms with Gasteiger partial charge in [0.15, 0.2) is 17.1 Å². The van der Waals surface area contributed by atoms with Gasteiger partial charge in [-0.2, -0.15) is 10.5 Å². The number of aromatic hydroxyl groups is 1. The number of phenols is 1. The van der Waals surface area contributed by atoms with Crippen LogP contribution in [0.25, 0.3) is 17.3 Å². The van der Waals surface area contributed by atoms with Gasteiger partial charge in [0.1, 0.15) is 16.8 Å². The normalized spacial score (nSPS) is 11.1. The van der Waals surface area contributed by atoms with Crippen LogP contribution in [0.15, 0.2) is 39.6 Å². The first kappa shape index (κ1) is 21.4. The van der Waals surface area contributed by atoms with Gasteiger partial charge < -0.3 is 9.84 Å². The Balaban J connectivity index is 2.43. The summed E-state index contributed by atoms with van der Waals surface area (Å²) in [5.41, 5.74) is 2.56. The second-order valence-corrected chi connectivity index (χ2v) is 8.38. The van der Waals surface area contributed by atoms with Gasteiger partial charge in [-0.25, -0.2) is 0 Å². The van der Waals surface area contributed by atoms with Crippen LogP contribution in [0.3, 0.4) is 0 Å². The Kier molecular flexibility index (Phi) is 6.12. The predicted octanol–water partition coefficient (Wildman–Crippen LogP) is 3.02. The quantitative estimate of drug-likeness (QED) is 0.619. The summed E-state index contributed by atoms with van der Waals surface area (Å²) in [6, 6.07) is 12.7. The number of halogens is 1. The number of nitriles is 2. The molecule has 150 valence electrons. The van der Waals surface area contributed by atoms with Crippen LogP contribution < -0.4 is 19.5 Å². The molecule has 8 heteroatoms. The minimum Gasteiger partial charge on any atom is -0.503 e. The summed E-state index contributed by atoms with van der Waals surface area (Å²) >= 11 is 4.33. The summed E-state index contributed by atoms with van der Waals surface area (Å²) in [4.78, 5) is 13.3. The van der Waals surface area contributed by atoms with Crippen molar-refractivity contribution in [2.45, 2.75) is 13.8 Å². The Morgan fingerprint density at radius 2 is 1.93 bits per heavy atom. The molecule has 1 heterocycles. The topological polar surface area (TPSA) is 99.0 Å². The molecule has 0 aliphatic carbocycles. The molecule has 0 amide bonds. The van der Waals surface area contributed by atoms with Gasteiger partial charge in [-0.05, 0) is 70.7 Å². The average Bonchev–Trinajstić information content (AvgIpc) is 3.03. The fraction of sp³-hybridized carbons (Fsp3) is 0.136. The number of aromatic nitrogens is 1. The highest BCUT2D eigenvalue weighted by Crippen LogP contribution is 2.35. The van der Waals surface area contributed by atoms with Crippen molar-refractivity contribution in [1.29, 1.82) is 10.5 Å². The number of benzene rings is 2. The van der Waals surface area contributed by atoms with E-state index in [1.54, 1.807) is 18.2 Å². The lowest BCUT2D eigenvalue weighted by molar-refractivity contribution is 0.372. The van der Waals surface area contributed by atoms with Crippen LogP contribution in [0, 0.1) is 36.5 Å². The summed E-state index contributed by atoms with van der Waals surface area (Å²) in [6.45, 7) is 3.78. The van der Waals surface area contributed by atoms with E-state index >= 15 is 0 Å². The van der Waals surface area contributed by atoms with Crippen molar-refractivity contribution in [3.8, 4) is 29.3 Å². The third kappa shape index (κ3) is 3.88. The van der Waals surface area contributed by atoms with E-state index in [1.807, 2.05) is 44.2 Å². The molecule has 0 radical (unpaired) electrons. The van der Waals surface area contributed by atoms with Crippen molar-refractivity contribution in [2.75, 3.05) is 7.11 Å². The Morgan fingerprint density at radius 1 is 1.23 bits per heavy atom. The fourth-order valence-electron chi connectivity index (χ4n) is 2.93. The second-order valence-electron chi connectivity index (χ2n) is 6.50. The zero-order valence-corrected chi connectivity index (χ0v) is 18.8. The van der Waals surface area contributed by atoms with Crippen LogP contribution in [0.1, 0.15) is 16.7 Å². The molecule has 30 heavy (non-hydrogen) atoms. The van der Waals surface area contributed by atoms with Crippen molar-refractivity contribution >= 4 is 38.9 Å². The van der Waals surface area contributed by atoms with Crippen LogP contribution >= 0.6 is 27.3 Å². The van der Waals surface area contributed by atoms with E-state index in [0.717, 1.165) is 22.5 Å². The lowest BCUT2D eigenvalue weighted by Crippen LogP contribution is -2.31. The maximum absolute atomic E-state index is 13.3. The van der Waals surface area contributed by atoms with Crippen molar-refractivity contribution in [1.82, 2.24) is 4.57 Å². The molecule has 6 nitrogen and oxygen atoms in total. The first-order chi connectivity index (χ1) is 14.3. The average molecular weight is 482 g/mol. The van der Waals surface area contributed by atoms with Crippen LogP contribution in [-0.2, 0) is 0 Å². The van der Waals surface area contributed by atoms with Crippen LogP contribution in [0.5, 0.6) is 11.5 Å². The van der Waals surface area contributed by atoms with Gasteiger partial charge in [0.05, 0.1) is 21.8 Å². The lowest BCUT2D eigenvalue weighted by atomic mass is 10.1. The molecule has 0 atom stereocenters. The summed E-state index contributed by atoms with van der Waals surface area (Å²) < 4.78 is 7.61. The molecule has 3 rings (SSSR count). The number of methoxy groups -OCH3 is 1. The molecule has 2 aromatic carbocycles. The molecule has 0 unspecified atom stereocenters. The number of thiazole rings is 1. The zero-order chi connectivity index (χ0) is 22.0. The van der Waals surface area contributed by atoms with Crippen LogP contribution in [-0.4, -0.2) is 16.8 Å². The van der Waals surface area contributed by atoms with Gasteiger partial charge in [-0.3, -0.25) is 9.36 Å². The Labute approximate surface area is 185 Å². The second kappa shape index (κ2) is 8.58. The number of nitrogens with zero attached hydrogens (tertiary/aromatic N) is 3. The maximum Gasteiger partial charge on any atom is 0.273 e. The summed E-state index contributed by atoms with van der Waals surface area (Å²) in [5, 5.41) is 28.8. The molecule has 1 N–H and O–H groups in total. The van der Waals surface area contributed by atoms with E-state index < -0.39 is 0 Å². The highest BCUT2D eigenvalue weighted by atomic mass is 79.9. The first-order valence-corrected chi connectivity index (χ1v) is 10.3. The van der Waals surface area contributed by atoms with E-state index in [0.29, 0.717) is 20.3 Å². The SMILES string of the molecule is COc1cc(C=c2sc(=C(C#N)C#N)n(-c3cc(C)ccc3C)c2=O)cc(Br)c1O. The number of ether oxygens (including phenoxy) is 1. The van der Waals surface area contributed by atoms with E-state index in [-0.39, 0.29) is 27.3 Å². The third-order valence-electron chi connectivity index (χ3n) is 4.44. The maximum atomic E-state index is 13.3. The smallest absolute Gasteiger partial charge is 0.273 e. The first-order valence-electron chi connectivity index (χ1n) is 8.73. The molecule has 0 spiro atoms.